The lowest BCUT2D eigenvalue weighted by Crippen LogP contribution is -2.12. The Morgan fingerprint density at radius 3 is 2.56 bits per heavy atom. The summed E-state index contributed by atoms with van der Waals surface area (Å²) in [4.78, 5) is 32.7. The van der Waals surface area contributed by atoms with E-state index >= 15 is 0 Å². The number of hydrogen-bond acceptors (Lipinski definition) is 5. The molecule has 1 N–H and O–H groups in total. The largest absolute Gasteiger partial charge is 0.419 e. The van der Waals surface area contributed by atoms with Gasteiger partial charge in [0.25, 0.3) is 5.91 Å². The highest BCUT2D eigenvalue weighted by molar-refractivity contribution is 6.31. The van der Waals surface area contributed by atoms with Crippen LogP contribution in [0.3, 0.4) is 0 Å². The van der Waals surface area contributed by atoms with Gasteiger partial charge < -0.3 is 10.1 Å². The normalized spacial score (nSPS) is 11.0. The maximum absolute atomic E-state index is 12.7. The lowest BCUT2D eigenvalue weighted by Gasteiger charge is -2.11. The summed E-state index contributed by atoms with van der Waals surface area (Å²) < 4.78 is 6.91. The van der Waals surface area contributed by atoms with Crippen molar-refractivity contribution in [1.29, 1.82) is 0 Å². The molecular weight excluding hydrogens is 452 g/mol. The van der Waals surface area contributed by atoms with Gasteiger partial charge in [0.2, 0.25) is 5.75 Å². The molecule has 0 radical (unpaired) electrons. The highest BCUT2D eigenvalue weighted by Crippen LogP contribution is 2.29. The number of aromatic nitrogens is 3. The molecule has 0 unspecified atom stereocenters. The van der Waals surface area contributed by atoms with E-state index in [9.17, 15) is 9.59 Å². The van der Waals surface area contributed by atoms with Crippen LogP contribution < -0.4 is 10.1 Å². The second kappa shape index (κ2) is 8.96. The fourth-order valence-corrected chi connectivity index (χ4v) is 3.99. The minimum absolute atomic E-state index is 0.0724. The molecule has 0 fully saturated rings. The first kappa shape index (κ1) is 21.6. The van der Waals surface area contributed by atoms with Gasteiger partial charge in [-0.15, -0.1) is 0 Å². The first-order valence-corrected chi connectivity index (χ1v) is 10.9. The van der Waals surface area contributed by atoms with Crippen molar-refractivity contribution >= 4 is 45.6 Å². The number of hydrogen-bond donors (Lipinski definition) is 1. The van der Waals surface area contributed by atoms with Gasteiger partial charge in [0.05, 0.1) is 0 Å². The highest BCUT2D eigenvalue weighted by atomic mass is 35.5. The number of carbonyl (C=O) groups is 2. The molecule has 0 bridgehead atoms. The van der Waals surface area contributed by atoms with Crippen LogP contribution in [0.4, 0.5) is 5.69 Å². The molecular formula is C26H19ClN4O3. The van der Waals surface area contributed by atoms with Crippen molar-refractivity contribution in [1.82, 2.24) is 14.4 Å². The van der Waals surface area contributed by atoms with Crippen LogP contribution in [-0.2, 0) is 11.2 Å². The molecule has 1 amide bonds. The van der Waals surface area contributed by atoms with Crippen molar-refractivity contribution in [3.8, 4) is 5.75 Å². The maximum atomic E-state index is 12.7. The van der Waals surface area contributed by atoms with E-state index in [0.29, 0.717) is 29.1 Å². The second-order valence-corrected chi connectivity index (χ2v) is 8.11. The first-order valence-electron chi connectivity index (χ1n) is 10.6. The second-order valence-electron chi connectivity index (χ2n) is 7.75. The van der Waals surface area contributed by atoms with Crippen molar-refractivity contribution < 1.29 is 14.3 Å². The van der Waals surface area contributed by atoms with Crippen LogP contribution in [0.15, 0.2) is 79.1 Å². The van der Waals surface area contributed by atoms with Gasteiger partial charge in [-0.2, -0.15) is 0 Å². The van der Waals surface area contributed by atoms with E-state index in [2.05, 4.69) is 15.3 Å². The summed E-state index contributed by atoms with van der Waals surface area (Å²) in [6.07, 6.45) is 3.79. The van der Waals surface area contributed by atoms with Gasteiger partial charge >= 0.3 is 5.97 Å². The number of imidazole rings is 1. The van der Waals surface area contributed by atoms with Crippen molar-refractivity contribution in [3.63, 3.8) is 0 Å². The summed E-state index contributed by atoms with van der Waals surface area (Å²) in [6, 6.07) is 21.1. The Labute approximate surface area is 200 Å². The number of benzene rings is 3. The first-order chi connectivity index (χ1) is 16.5. The molecule has 34 heavy (non-hydrogen) atoms. The van der Waals surface area contributed by atoms with E-state index in [0.717, 1.165) is 16.3 Å². The Morgan fingerprint density at radius 2 is 1.79 bits per heavy atom. The van der Waals surface area contributed by atoms with Gasteiger partial charge in [-0.05, 0) is 40.6 Å². The number of anilines is 1. The average molecular weight is 471 g/mol. The predicted molar refractivity (Wildman–Crippen MR) is 130 cm³/mol. The Bertz CT molecular complexity index is 1540. The Hall–Kier alpha value is -4.23. The van der Waals surface area contributed by atoms with Crippen molar-refractivity contribution in [2.75, 3.05) is 5.32 Å². The van der Waals surface area contributed by atoms with Gasteiger partial charge in [-0.1, -0.05) is 54.1 Å². The van der Waals surface area contributed by atoms with Crippen LogP contribution in [0.1, 0.15) is 28.7 Å². The van der Waals surface area contributed by atoms with Gasteiger partial charge in [0, 0.05) is 37.0 Å². The van der Waals surface area contributed by atoms with Crippen LogP contribution in [0.2, 0.25) is 5.15 Å². The van der Waals surface area contributed by atoms with Crippen molar-refractivity contribution in [3.05, 3.63) is 101 Å². The predicted octanol–water partition coefficient (Wildman–Crippen LogP) is 5.30. The highest BCUT2D eigenvalue weighted by Gasteiger charge is 2.17. The summed E-state index contributed by atoms with van der Waals surface area (Å²) in [5.74, 6) is 0.104. The number of nitrogens with zero attached hydrogens (tertiary/aromatic N) is 3. The van der Waals surface area contributed by atoms with E-state index < -0.39 is 5.97 Å². The third-order valence-corrected chi connectivity index (χ3v) is 5.62. The quantitative estimate of drug-likeness (QED) is 0.278. The standard InChI is InChI=1S/C26H19ClN4O3/c1-16(32)34-23-24(27)30-22(31-13-12-28-25(23)31)14-17-6-10-21(11-7-17)29-26(33)20-9-8-18-4-2-3-5-19(18)15-20/h2-13,15H,14H2,1H3,(H,29,33). The molecule has 0 aliphatic rings. The number of esters is 1. The topological polar surface area (TPSA) is 85.6 Å². The number of rotatable bonds is 5. The van der Waals surface area contributed by atoms with Gasteiger partial charge in [0.1, 0.15) is 5.82 Å². The fraction of sp³-hybridized carbons (Fsp3) is 0.0769. The summed E-state index contributed by atoms with van der Waals surface area (Å²) in [6.45, 7) is 1.30. The molecule has 0 atom stereocenters. The smallest absolute Gasteiger partial charge is 0.308 e. The molecule has 2 heterocycles. The average Bonchev–Trinajstić information content (AvgIpc) is 3.32. The van der Waals surface area contributed by atoms with Gasteiger partial charge in [-0.3, -0.25) is 14.0 Å². The minimum atomic E-state index is -0.498. The third kappa shape index (κ3) is 4.33. The molecule has 0 spiro atoms. The lowest BCUT2D eigenvalue weighted by molar-refractivity contribution is -0.131. The number of amides is 1. The van der Waals surface area contributed by atoms with E-state index in [1.807, 2.05) is 66.7 Å². The lowest BCUT2D eigenvalue weighted by atomic mass is 10.1. The number of fused-ring (bicyclic) bond motifs is 2. The molecule has 168 valence electrons. The van der Waals surface area contributed by atoms with E-state index in [1.54, 1.807) is 16.8 Å². The van der Waals surface area contributed by atoms with Crippen molar-refractivity contribution in [2.24, 2.45) is 0 Å². The zero-order valence-corrected chi connectivity index (χ0v) is 18.9. The Balaban J connectivity index is 1.33. The van der Waals surface area contributed by atoms with Crippen LogP contribution in [-0.4, -0.2) is 26.2 Å². The van der Waals surface area contributed by atoms with Crippen molar-refractivity contribution in [2.45, 2.75) is 13.3 Å². The Kier molecular flexibility index (Phi) is 5.69. The number of carbonyl (C=O) groups excluding carboxylic acids is 2. The zero-order valence-electron chi connectivity index (χ0n) is 18.2. The van der Waals surface area contributed by atoms with Crippen LogP contribution >= 0.6 is 11.6 Å². The van der Waals surface area contributed by atoms with Gasteiger partial charge in [-0.25, -0.2) is 9.97 Å². The molecule has 0 saturated heterocycles. The number of nitrogens with one attached hydrogen (secondary N) is 1. The summed E-state index contributed by atoms with van der Waals surface area (Å²) in [5, 5.41) is 5.11. The van der Waals surface area contributed by atoms with E-state index in [1.165, 1.54) is 6.92 Å². The molecule has 0 aliphatic heterocycles. The van der Waals surface area contributed by atoms with Crippen LogP contribution in [0.25, 0.3) is 16.4 Å². The molecule has 8 heteroatoms. The van der Waals surface area contributed by atoms with E-state index in [4.69, 9.17) is 16.3 Å². The summed E-state index contributed by atoms with van der Waals surface area (Å²) >= 11 is 6.26. The molecule has 3 aromatic carbocycles. The SMILES string of the molecule is CC(=O)Oc1c(Cl)nc(Cc2ccc(NC(=O)c3ccc4ccccc4c3)cc2)n2ccnc12. The summed E-state index contributed by atoms with van der Waals surface area (Å²) in [7, 11) is 0. The number of halogens is 1. The van der Waals surface area contributed by atoms with Crippen LogP contribution in [0, 0.1) is 0 Å². The molecule has 7 nitrogen and oxygen atoms in total. The zero-order chi connectivity index (χ0) is 23.7. The monoisotopic (exact) mass is 470 g/mol. The molecule has 0 aliphatic carbocycles. The number of ether oxygens (including phenoxy) is 1. The molecule has 5 rings (SSSR count). The van der Waals surface area contributed by atoms with E-state index in [-0.39, 0.29) is 16.8 Å². The van der Waals surface area contributed by atoms with Crippen LogP contribution in [0.5, 0.6) is 5.75 Å². The molecule has 5 aromatic rings. The minimum Gasteiger partial charge on any atom is -0.419 e. The third-order valence-electron chi connectivity index (χ3n) is 5.37. The summed E-state index contributed by atoms with van der Waals surface area (Å²) in [5.41, 5.74) is 2.66. The fourth-order valence-electron chi connectivity index (χ4n) is 3.77. The maximum Gasteiger partial charge on any atom is 0.308 e. The molecule has 0 saturated carbocycles. The Morgan fingerprint density at radius 1 is 1.03 bits per heavy atom. The van der Waals surface area contributed by atoms with Gasteiger partial charge in [0.15, 0.2) is 10.8 Å². The molecule has 2 aromatic heterocycles.